The molecule has 7 nitrogen and oxygen atoms in total. The van der Waals surface area contributed by atoms with Gasteiger partial charge in [-0.2, -0.15) is 0 Å². The van der Waals surface area contributed by atoms with Gasteiger partial charge in [-0.3, -0.25) is 19.3 Å². The molecule has 188 valence electrons. The molecule has 0 saturated carbocycles. The summed E-state index contributed by atoms with van der Waals surface area (Å²) in [5.41, 5.74) is 4.45. The molecule has 1 aromatic heterocycles. The molecule has 0 bridgehead atoms. The van der Waals surface area contributed by atoms with Gasteiger partial charge in [0, 0.05) is 30.8 Å². The first-order valence-electron chi connectivity index (χ1n) is 12.1. The number of aryl methyl sites for hydroxylation is 3. The normalized spacial score (nSPS) is 11.6. The zero-order valence-electron chi connectivity index (χ0n) is 21.5. The minimum Gasteiger partial charge on any atom is -0.352 e. The first-order valence-corrected chi connectivity index (χ1v) is 12.1. The SMILES string of the molecule is Cc1ccc([C@@H](C(=O)NC(C)C)N(C(=O)CCC(=O)Nc2ccccn2)c2ccc(C)c(C)c2)cc1. The van der Waals surface area contributed by atoms with Crippen LogP contribution >= 0.6 is 0 Å². The molecule has 2 N–H and O–H groups in total. The van der Waals surface area contributed by atoms with Crippen molar-refractivity contribution in [1.82, 2.24) is 10.3 Å². The van der Waals surface area contributed by atoms with Crippen LogP contribution in [0.2, 0.25) is 0 Å². The first kappa shape index (κ1) is 26.6. The Labute approximate surface area is 212 Å². The number of hydrogen-bond acceptors (Lipinski definition) is 4. The molecule has 3 aromatic rings. The van der Waals surface area contributed by atoms with E-state index in [0.717, 1.165) is 16.7 Å². The Bertz CT molecular complexity index is 1210. The number of amides is 3. The Morgan fingerprint density at radius 2 is 1.61 bits per heavy atom. The zero-order chi connectivity index (χ0) is 26.2. The van der Waals surface area contributed by atoms with E-state index in [9.17, 15) is 14.4 Å². The van der Waals surface area contributed by atoms with Crippen LogP contribution in [0.5, 0.6) is 0 Å². The Morgan fingerprint density at radius 1 is 0.889 bits per heavy atom. The molecule has 0 aliphatic carbocycles. The Balaban J connectivity index is 1.96. The fourth-order valence-corrected chi connectivity index (χ4v) is 3.83. The summed E-state index contributed by atoms with van der Waals surface area (Å²) >= 11 is 0. The molecule has 7 heteroatoms. The van der Waals surface area contributed by atoms with Gasteiger partial charge in [0.15, 0.2) is 0 Å². The fourth-order valence-electron chi connectivity index (χ4n) is 3.83. The van der Waals surface area contributed by atoms with E-state index in [1.807, 2.05) is 77.1 Å². The molecule has 2 aromatic carbocycles. The van der Waals surface area contributed by atoms with Gasteiger partial charge in [-0.05, 0) is 75.6 Å². The first-order chi connectivity index (χ1) is 17.2. The van der Waals surface area contributed by atoms with E-state index >= 15 is 0 Å². The summed E-state index contributed by atoms with van der Waals surface area (Å²) in [6, 6.07) is 17.5. The Morgan fingerprint density at radius 3 is 2.22 bits per heavy atom. The second kappa shape index (κ2) is 12.1. The molecule has 0 saturated heterocycles. The third kappa shape index (κ3) is 7.01. The predicted octanol–water partition coefficient (Wildman–Crippen LogP) is 5.02. The number of nitrogens with one attached hydrogen (secondary N) is 2. The summed E-state index contributed by atoms with van der Waals surface area (Å²) in [7, 11) is 0. The standard InChI is InChI=1S/C29H34N4O3/c1-19(2)31-29(36)28(23-12-9-20(3)10-13-23)33(24-14-11-21(4)22(5)18-24)27(35)16-15-26(34)32-25-8-6-7-17-30-25/h6-14,17-19,28H,15-16H2,1-5H3,(H,31,36)(H,30,32,34)/t28-/m0/s1. The van der Waals surface area contributed by atoms with Crippen molar-refractivity contribution in [2.24, 2.45) is 0 Å². The van der Waals surface area contributed by atoms with E-state index in [-0.39, 0.29) is 36.6 Å². The lowest BCUT2D eigenvalue weighted by Gasteiger charge is -2.32. The predicted molar refractivity (Wildman–Crippen MR) is 143 cm³/mol. The average molecular weight is 487 g/mol. The lowest BCUT2D eigenvalue weighted by atomic mass is 9.99. The topological polar surface area (TPSA) is 91.4 Å². The molecule has 0 fully saturated rings. The maximum absolute atomic E-state index is 13.7. The largest absolute Gasteiger partial charge is 0.352 e. The van der Waals surface area contributed by atoms with Gasteiger partial charge in [0.25, 0.3) is 0 Å². The summed E-state index contributed by atoms with van der Waals surface area (Å²) < 4.78 is 0. The van der Waals surface area contributed by atoms with E-state index in [2.05, 4.69) is 15.6 Å². The number of pyridine rings is 1. The molecule has 0 spiro atoms. The van der Waals surface area contributed by atoms with Crippen LogP contribution in [0.15, 0.2) is 66.9 Å². The lowest BCUT2D eigenvalue weighted by molar-refractivity contribution is -0.127. The highest BCUT2D eigenvalue weighted by molar-refractivity contribution is 6.03. The van der Waals surface area contributed by atoms with Crippen molar-refractivity contribution in [2.75, 3.05) is 10.2 Å². The van der Waals surface area contributed by atoms with Crippen LogP contribution in [0.4, 0.5) is 11.5 Å². The van der Waals surface area contributed by atoms with Gasteiger partial charge >= 0.3 is 0 Å². The van der Waals surface area contributed by atoms with Crippen molar-refractivity contribution >= 4 is 29.2 Å². The van der Waals surface area contributed by atoms with Crippen LogP contribution in [0.1, 0.15) is 55.0 Å². The van der Waals surface area contributed by atoms with Crippen LogP contribution in [0.25, 0.3) is 0 Å². The van der Waals surface area contributed by atoms with E-state index in [4.69, 9.17) is 0 Å². The average Bonchev–Trinajstić information content (AvgIpc) is 2.84. The van der Waals surface area contributed by atoms with Crippen molar-refractivity contribution in [3.05, 3.63) is 89.1 Å². The molecule has 0 aliphatic heterocycles. The smallest absolute Gasteiger partial charge is 0.248 e. The van der Waals surface area contributed by atoms with E-state index < -0.39 is 6.04 Å². The Kier molecular flexibility index (Phi) is 8.95. The quantitative estimate of drug-likeness (QED) is 0.444. The molecule has 1 atom stereocenters. The van der Waals surface area contributed by atoms with Crippen LogP contribution in [-0.2, 0) is 14.4 Å². The second-order valence-electron chi connectivity index (χ2n) is 9.27. The molecule has 0 radical (unpaired) electrons. The number of anilines is 2. The highest BCUT2D eigenvalue weighted by Gasteiger charge is 2.33. The molecule has 3 amide bonds. The summed E-state index contributed by atoms with van der Waals surface area (Å²) in [5.74, 6) is -0.493. The summed E-state index contributed by atoms with van der Waals surface area (Å²) in [6.45, 7) is 9.70. The Hall–Kier alpha value is -4.00. The maximum atomic E-state index is 13.7. The molecule has 36 heavy (non-hydrogen) atoms. The molecule has 0 aliphatic rings. The van der Waals surface area contributed by atoms with Gasteiger partial charge in [-0.1, -0.05) is 42.0 Å². The summed E-state index contributed by atoms with van der Waals surface area (Å²) in [4.78, 5) is 45.4. The van der Waals surface area contributed by atoms with Crippen molar-refractivity contribution < 1.29 is 14.4 Å². The van der Waals surface area contributed by atoms with E-state index in [0.29, 0.717) is 17.1 Å². The molecule has 3 rings (SSSR count). The van der Waals surface area contributed by atoms with E-state index in [1.54, 1.807) is 24.4 Å². The van der Waals surface area contributed by atoms with Gasteiger partial charge < -0.3 is 10.6 Å². The molecular formula is C29H34N4O3. The fraction of sp³-hybridized carbons (Fsp3) is 0.310. The number of benzene rings is 2. The zero-order valence-corrected chi connectivity index (χ0v) is 21.5. The van der Waals surface area contributed by atoms with Gasteiger partial charge in [0.2, 0.25) is 17.7 Å². The summed E-state index contributed by atoms with van der Waals surface area (Å²) in [6.07, 6.45) is 1.48. The molecule has 0 unspecified atom stereocenters. The third-order valence-electron chi connectivity index (χ3n) is 5.87. The van der Waals surface area contributed by atoms with Gasteiger partial charge in [0.1, 0.15) is 11.9 Å². The molecular weight excluding hydrogens is 452 g/mol. The van der Waals surface area contributed by atoms with Crippen molar-refractivity contribution in [3.63, 3.8) is 0 Å². The monoisotopic (exact) mass is 486 g/mol. The third-order valence-corrected chi connectivity index (χ3v) is 5.87. The number of carbonyl (C=O) groups is 3. The molecule has 1 heterocycles. The van der Waals surface area contributed by atoms with Gasteiger partial charge in [0.05, 0.1) is 0 Å². The van der Waals surface area contributed by atoms with Crippen molar-refractivity contribution in [1.29, 1.82) is 0 Å². The number of aromatic nitrogens is 1. The van der Waals surface area contributed by atoms with Gasteiger partial charge in [-0.15, -0.1) is 0 Å². The van der Waals surface area contributed by atoms with Crippen LogP contribution < -0.4 is 15.5 Å². The van der Waals surface area contributed by atoms with Crippen LogP contribution in [-0.4, -0.2) is 28.7 Å². The second-order valence-corrected chi connectivity index (χ2v) is 9.27. The number of hydrogen-bond donors (Lipinski definition) is 2. The van der Waals surface area contributed by atoms with Gasteiger partial charge in [-0.25, -0.2) is 4.98 Å². The van der Waals surface area contributed by atoms with E-state index in [1.165, 1.54) is 4.90 Å². The summed E-state index contributed by atoms with van der Waals surface area (Å²) in [5, 5.41) is 5.67. The minimum atomic E-state index is -0.888. The van der Waals surface area contributed by atoms with Crippen molar-refractivity contribution in [3.8, 4) is 0 Å². The highest BCUT2D eigenvalue weighted by Crippen LogP contribution is 2.31. The van der Waals surface area contributed by atoms with Crippen LogP contribution in [0.3, 0.4) is 0 Å². The highest BCUT2D eigenvalue weighted by atomic mass is 16.2. The lowest BCUT2D eigenvalue weighted by Crippen LogP contribution is -2.46. The van der Waals surface area contributed by atoms with Crippen LogP contribution in [0, 0.1) is 20.8 Å². The van der Waals surface area contributed by atoms with Crippen molar-refractivity contribution in [2.45, 2.75) is 59.5 Å². The number of nitrogens with zero attached hydrogens (tertiary/aromatic N) is 2. The number of carbonyl (C=O) groups excluding carboxylic acids is 3. The number of rotatable bonds is 9. The minimum absolute atomic E-state index is 0.0385. The maximum Gasteiger partial charge on any atom is 0.248 e.